The Bertz CT molecular complexity index is 2780. The third-order valence-electron chi connectivity index (χ3n) is 13.7. The summed E-state index contributed by atoms with van der Waals surface area (Å²) in [5.41, 5.74) is 2.41. The first kappa shape index (κ1) is 41.8. The van der Waals surface area contributed by atoms with Gasteiger partial charge in [0, 0.05) is 98.1 Å². The molecule has 5 aliphatic rings. The molecule has 12 nitrogen and oxygen atoms in total. The average Bonchev–Trinajstić information content (AvgIpc) is 3.88. The van der Waals surface area contributed by atoms with Crippen LogP contribution < -0.4 is 15.0 Å². The second kappa shape index (κ2) is 17.1. The standard InChI is InChI=1S/C50H50F2N8O4/c1-3-6-36(28-61)60-25-33-21-31(8-12-39(33)48(60)63)7-5-16-57-17-19-58(20-18-57)29-50(14-15-50)30-64-49-55-46-41(47(56-49)59-26-34-10-11-35(27-59)54-34)24-53-45(44(46)52)40-23-37(62)22-32-9-13-42(51)38(4-2)43(32)40/h2,8-9,12-13,21-24,28,34-36,54,62H,3,6,10-11,14-20,25-27,29-30H2,1H3. The van der Waals surface area contributed by atoms with Gasteiger partial charge < -0.3 is 34.7 Å². The van der Waals surface area contributed by atoms with Crippen LogP contribution in [-0.2, 0) is 11.3 Å². The van der Waals surface area contributed by atoms with E-state index in [1.165, 1.54) is 24.3 Å². The molecule has 1 saturated carbocycles. The van der Waals surface area contributed by atoms with Crippen LogP contribution >= 0.6 is 0 Å². The van der Waals surface area contributed by atoms with Crippen LogP contribution in [0.4, 0.5) is 14.6 Å². The lowest BCUT2D eigenvalue weighted by atomic mass is 9.96. The molecule has 2 N–H and O–H groups in total. The zero-order valence-electron chi connectivity index (χ0n) is 35.9. The van der Waals surface area contributed by atoms with E-state index in [1.807, 2.05) is 25.1 Å². The van der Waals surface area contributed by atoms with Crippen molar-refractivity contribution in [3.63, 3.8) is 0 Å². The summed E-state index contributed by atoms with van der Waals surface area (Å²) in [5.74, 6) is 8.00. The number of rotatable bonds is 12. The normalized spacial score (nSPS) is 20.8. The fourth-order valence-corrected chi connectivity index (χ4v) is 10.1. The van der Waals surface area contributed by atoms with Gasteiger partial charge in [0.1, 0.15) is 34.9 Å². The lowest BCUT2D eigenvalue weighted by Gasteiger charge is -2.36. The first-order valence-corrected chi connectivity index (χ1v) is 22.4. The van der Waals surface area contributed by atoms with Crippen molar-refractivity contribution in [2.45, 2.75) is 70.1 Å². The Morgan fingerprint density at radius 3 is 2.55 bits per heavy atom. The van der Waals surface area contributed by atoms with Gasteiger partial charge in [-0.1, -0.05) is 37.2 Å². The summed E-state index contributed by atoms with van der Waals surface area (Å²) < 4.78 is 38.5. The highest BCUT2D eigenvalue weighted by Crippen LogP contribution is 2.47. The minimum Gasteiger partial charge on any atom is -0.508 e. The maximum Gasteiger partial charge on any atom is 0.319 e. The van der Waals surface area contributed by atoms with E-state index < -0.39 is 17.7 Å². The van der Waals surface area contributed by atoms with E-state index in [0.29, 0.717) is 73.4 Å². The van der Waals surface area contributed by atoms with Gasteiger partial charge in [-0.25, -0.2) is 8.78 Å². The fourth-order valence-electron chi connectivity index (χ4n) is 10.1. The van der Waals surface area contributed by atoms with Gasteiger partial charge in [0.15, 0.2) is 5.82 Å². The second-order valence-corrected chi connectivity index (χ2v) is 18.2. The molecule has 3 saturated heterocycles. The van der Waals surface area contributed by atoms with Gasteiger partial charge in [-0.05, 0) is 79.5 Å². The quantitative estimate of drug-likeness (QED) is 0.115. The molecule has 10 rings (SSSR count). The predicted octanol–water partition coefficient (Wildman–Crippen LogP) is 5.90. The number of hydrogen-bond donors (Lipinski definition) is 2. The molecule has 2 aromatic heterocycles. The lowest BCUT2D eigenvalue weighted by molar-refractivity contribution is -0.112. The number of nitrogens with one attached hydrogen (secondary N) is 1. The smallest absolute Gasteiger partial charge is 0.319 e. The van der Waals surface area contributed by atoms with Crippen molar-refractivity contribution in [2.24, 2.45) is 5.41 Å². The Balaban J connectivity index is 0.827. The number of ether oxygens (including phenoxy) is 1. The van der Waals surface area contributed by atoms with Crippen LogP contribution in [0.3, 0.4) is 0 Å². The molecule has 0 radical (unpaired) electrons. The molecule has 5 aromatic rings. The lowest BCUT2D eigenvalue weighted by Crippen LogP contribution is -2.51. The summed E-state index contributed by atoms with van der Waals surface area (Å²) in [6.07, 6.45) is 13.8. The Morgan fingerprint density at radius 1 is 1.03 bits per heavy atom. The summed E-state index contributed by atoms with van der Waals surface area (Å²) in [6, 6.07) is 11.5. The molecule has 6 heterocycles. The number of hydrogen-bond acceptors (Lipinski definition) is 11. The molecular weight excluding hydrogens is 815 g/mol. The number of anilines is 1. The summed E-state index contributed by atoms with van der Waals surface area (Å²) >= 11 is 0. The summed E-state index contributed by atoms with van der Waals surface area (Å²) in [6.45, 7) is 9.30. The largest absolute Gasteiger partial charge is 0.508 e. The molecule has 2 bridgehead atoms. The van der Waals surface area contributed by atoms with Crippen molar-refractivity contribution < 1.29 is 28.2 Å². The number of phenols is 1. The molecule has 64 heavy (non-hydrogen) atoms. The molecular formula is C50H50F2N8O4. The molecule has 14 heteroatoms. The summed E-state index contributed by atoms with van der Waals surface area (Å²) in [5, 5.41) is 15.5. The highest BCUT2D eigenvalue weighted by Gasteiger charge is 2.45. The van der Waals surface area contributed by atoms with Crippen molar-refractivity contribution in [2.75, 3.05) is 63.9 Å². The Labute approximate surface area is 371 Å². The number of amides is 1. The van der Waals surface area contributed by atoms with Gasteiger partial charge in [0.05, 0.1) is 30.1 Å². The number of carbonyl (C=O) groups is 2. The third kappa shape index (κ3) is 8.00. The second-order valence-electron chi connectivity index (χ2n) is 18.2. The highest BCUT2D eigenvalue weighted by atomic mass is 19.1. The number of aromatic nitrogens is 3. The van der Waals surface area contributed by atoms with Gasteiger partial charge >= 0.3 is 6.01 Å². The van der Waals surface area contributed by atoms with E-state index in [0.717, 1.165) is 82.2 Å². The minimum atomic E-state index is -0.737. The van der Waals surface area contributed by atoms with Crippen LogP contribution in [0.25, 0.3) is 32.9 Å². The topological polar surface area (TPSA) is 127 Å². The van der Waals surface area contributed by atoms with Gasteiger partial charge in [-0.2, -0.15) is 9.97 Å². The molecule has 4 fully saturated rings. The fraction of sp³-hybridized carbons (Fsp3) is 0.420. The molecule has 0 spiro atoms. The van der Waals surface area contributed by atoms with E-state index in [9.17, 15) is 19.1 Å². The van der Waals surface area contributed by atoms with E-state index >= 15 is 4.39 Å². The molecule has 1 aliphatic carbocycles. The van der Waals surface area contributed by atoms with Crippen molar-refractivity contribution in [3.05, 3.63) is 82.5 Å². The minimum absolute atomic E-state index is 0.0307. The zero-order valence-corrected chi connectivity index (χ0v) is 35.9. The first-order valence-electron chi connectivity index (χ1n) is 22.4. The highest BCUT2D eigenvalue weighted by molar-refractivity contribution is 6.03. The number of carbonyl (C=O) groups excluding carboxylic acids is 2. The molecule has 1 amide bonds. The Morgan fingerprint density at radius 2 is 1.81 bits per heavy atom. The molecule has 3 aromatic carbocycles. The van der Waals surface area contributed by atoms with Gasteiger partial charge in [-0.15, -0.1) is 6.42 Å². The summed E-state index contributed by atoms with van der Waals surface area (Å²) in [4.78, 5) is 47.4. The summed E-state index contributed by atoms with van der Waals surface area (Å²) in [7, 11) is 0. The van der Waals surface area contributed by atoms with E-state index in [1.54, 1.807) is 11.1 Å². The van der Waals surface area contributed by atoms with Crippen LogP contribution in [-0.4, -0.2) is 124 Å². The number of phenolic OH excluding ortho intramolecular Hbond substituents is 1. The monoisotopic (exact) mass is 864 g/mol. The van der Waals surface area contributed by atoms with Crippen molar-refractivity contribution in [1.29, 1.82) is 0 Å². The van der Waals surface area contributed by atoms with Crippen molar-refractivity contribution in [3.8, 4) is 47.2 Å². The zero-order chi connectivity index (χ0) is 44.1. The van der Waals surface area contributed by atoms with Gasteiger partial charge in [-0.3, -0.25) is 14.7 Å². The molecule has 3 atom stereocenters. The number of aromatic hydroxyl groups is 1. The Hall–Kier alpha value is -6.19. The molecule has 328 valence electrons. The average molecular weight is 865 g/mol. The SMILES string of the molecule is C#Cc1c(F)ccc2cc(O)cc(-c3ncc4c(N5CC6CCC(C5)N6)nc(OCC5(CN6CCN(CC#Cc7ccc8c(c7)CN(C(C=O)CCC)C8=O)CC6)CC5)nc4c3F)c12. The third-order valence-corrected chi connectivity index (χ3v) is 13.7. The van der Waals surface area contributed by atoms with Crippen LogP contribution in [0, 0.1) is 41.2 Å². The first-order chi connectivity index (χ1) is 31.1. The number of fused-ring (bicyclic) bond motifs is 5. The van der Waals surface area contributed by atoms with Crippen LogP contribution in [0.15, 0.2) is 48.7 Å². The number of benzene rings is 3. The van der Waals surface area contributed by atoms with Crippen LogP contribution in [0.1, 0.15) is 72.5 Å². The number of aldehydes is 1. The number of pyridine rings is 1. The number of terminal acetylenes is 1. The number of halogens is 2. The molecule has 3 unspecified atom stereocenters. The van der Waals surface area contributed by atoms with Crippen LogP contribution in [0.5, 0.6) is 11.8 Å². The van der Waals surface area contributed by atoms with E-state index in [4.69, 9.17) is 16.1 Å². The molecule has 4 aliphatic heterocycles. The number of nitrogens with zero attached hydrogens (tertiary/aromatic N) is 7. The van der Waals surface area contributed by atoms with E-state index in [-0.39, 0.29) is 50.8 Å². The maximum absolute atomic E-state index is 17.1. The van der Waals surface area contributed by atoms with Gasteiger partial charge in [0.25, 0.3) is 5.91 Å². The Kier molecular flexibility index (Phi) is 11.1. The van der Waals surface area contributed by atoms with E-state index in [2.05, 4.69) is 47.7 Å². The van der Waals surface area contributed by atoms with Crippen molar-refractivity contribution in [1.82, 2.24) is 35.0 Å². The maximum atomic E-state index is 17.1. The van der Waals surface area contributed by atoms with Gasteiger partial charge in [0.2, 0.25) is 0 Å². The number of piperazine rings is 2. The predicted molar refractivity (Wildman–Crippen MR) is 240 cm³/mol. The van der Waals surface area contributed by atoms with Crippen molar-refractivity contribution >= 4 is 39.7 Å². The van der Waals surface area contributed by atoms with Crippen LogP contribution in [0.2, 0.25) is 0 Å².